The van der Waals surface area contributed by atoms with Crippen molar-refractivity contribution in [2.45, 2.75) is 0 Å². The van der Waals surface area contributed by atoms with Crippen molar-refractivity contribution in [1.82, 2.24) is 10.9 Å². The van der Waals surface area contributed by atoms with E-state index in [0.717, 1.165) is 12.1 Å². The smallest absolute Gasteiger partial charge is 0.267 e. The van der Waals surface area contributed by atoms with Gasteiger partial charge in [-0.3, -0.25) is 20.4 Å². The Bertz CT molecular complexity index is 707. The summed E-state index contributed by atoms with van der Waals surface area (Å²) in [5, 5.41) is 0. The van der Waals surface area contributed by atoms with Crippen LogP contribution in [0.25, 0.3) is 0 Å². The van der Waals surface area contributed by atoms with Crippen LogP contribution in [-0.2, 0) is 0 Å². The van der Waals surface area contributed by atoms with E-state index in [9.17, 15) is 18.4 Å². The molecule has 0 bridgehead atoms. The summed E-state index contributed by atoms with van der Waals surface area (Å²) in [5.41, 5.74) is 3.57. The van der Waals surface area contributed by atoms with E-state index >= 15 is 0 Å². The summed E-state index contributed by atoms with van der Waals surface area (Å²) < 4.78 is 27.4. The number of benzene rings is 2. The first-order chi connectivity index (χ1) is 9.99. The number of hydrogen-bond donors (Lipinski definition) is 2. The minimum Gasteiger partial charge on any atom is -0.267 e. The number of halogens is 3. The lowest BCUT2D eigenvalue weighted by Gasteiger charge is -2.08. The Balaban J connectivity index is 2.06. The standard InChI is InChI=1S/C14H9BrF2N2O2/c15-8-5-6-12(17)10(7-8)14(21)19-18-13(20)9-3-1-2-4-11(9)16/h1-7H,(H,18,20)(H,19,21). The Morgan fingerprint density at radius 2 is 1.43 bits per heavy atom. The second-order valence-electron chi connectivity index (χ2n) is 4.01. The first-order valence-corrected chi connectivity index (χ1v) is 6.58. The highest BCUT2D eigenvalue weighted by molar-refractivity contribution is 9.10. The molecule has 0 aliphatic carbocycles. The summed E-state index contributed by atoms with van der Waals surface area (Å²) in [5.74, 6) is -3.15. The van der Waals surface area contributed by atoms with Crippen LogP contribution in [0, 0.1) is 11.6 Å². The van der Waals surface area contributed by atoms with Crippen molar-refractivity contribution >= 4 is 27.7 Å². The Morgan fingerprint density at radius 3 is 2.10 bits per heavy atom. The molecule has 0 atom stereocenters. The molecule has 2 amide bonds. The summed E-state index contributed by atoms with van der Waals surface area (Å²) in [4.78, 5) is 23.4. The van der Waals surface area contributed by atoms with Gasteiger partial charge in [-0.05, 0) is 30.3 Å². The van der Waals surface area contributed by atoms with Crippen LogP contribution in [0.3, 0.4) is 0 Å². The molecule has 21 heavy (non-hydrogen) atoms. The van der Waals surface area contributed by atoms with Crippen LogP contribution in [0.15, 0.2) is 46.9 Å². The summed E-state index contributed by atoms with van der Waals surface area (Å²) in [6.45, 7) is 0. The minimum absolute atomic E-state index is 0.229. The third-order valence-electron chi connectivity index (χ3n) is 2.58. The van der Waals surface area contributed by atoms with Crippen LogP contribution in [0.5, 0.6) is 0 Å². The molecule has 2 aromatic carbocycles. The lowest BCUT2D eigenvalue weighted by Crippen LogP contribution is -2.42. The molecule has 0 unspecified atom stereocenters. The molecule has 0 aromatic heterocycles. The lowest BCUT2D eigenvalue weighted by molar-refractivity contribution is 0.0842. The molecule has 4 nitrogen and oxygen atoms in total. The van der Waals surface area contributed by atoms with Crippen molar-refractivity contribution in [3.05, 3.63) is 69.7 Å². The SMILES string of the molecule is O=C(NNC(=O)c1cc(Br)ccc1F)c1ccccc1F. The van der Waals surface area contributed by atoms with E-state index in [4.69, 9.17) is 0 Å². The van der Waals surface area contributed by atoms with E-state index in [2.05, 4.69) is 15.9 Å². The van der Waals surface area contributed by atoms with Crippen molar-refractivity contribution in [2.24, 2.45) is 0 Å². The summed E-state index contributed by atoms with van der Waals surface area (Å²) in [7, 11) is 0. The van der Waals surface area contributed by atoms with Gasteiger partial charge < -0.3 is 0 Å². The van der Waals surface area contributed by atoms with Gasteiger partial charge >= 0.3 is 0 Å². The van der Waals surface area contributed by atoms with E-state index in [1.54, 1.807) is 0 Å². The van der Waals surface area contributed by atoms with Crippen LogP contribution in [0.1, 0.15) is 20.7 Å². The van der Waals surface area contributed by atoms with Crippen LogP contribution >= 0.6 is 15.9 Å². The molecular formula is C14H9BrF2N2O2. The van der Waals surface area contributed by atoms with E-state index in [-0.39, 0.29) is 11.1 Å². The maximum Gasteiger partial charge on any atom is 0.272 e. The molecule has 0 heterocycles. The summed E-state index contributed by atoms with van der Waals surface area (Å²) >= 11 is 3.11. The molecule has 2 rings (SSSR count). The number of hydrazine groups is 1. The first kappa shape index (κ1) is 15.1. The highest BCUT2D eigenvalue weighted by Gasteiger charge is 2.15. The summed E-state index contributed by atoms with van der Waals surface area (Å²) in [6.07, 6.45) is 0. The Morgan fingerprint density at radius 1 is 0.857 bits per heavy atom. The van der Waals surface area contributed by atoms with Crippen molar-refractivity contribution in [3.8, 4) is 0 Å². The number of carbonyl (C=O) groups is 2. The fourth-order valence-electron chi connectivity index (χ4n) is 1.57. The molecule has 7 heteroatoms. The van der Waals surface area contributed by atoms with Crippen LogP contribution in [0.2, 0.25) is 0 Å². The molecule has 0 aliphatic heterocycles. The largest absolute Gasteiger partial charge is 0.272 e. The van der Waals surface area contributed by atoms with Crippen molar-refractivity contribution in [3.63, 3.8) is 0 Å². The van der Waals surface area contributed by atoms with Crippen LogP contribution < -0.4 is 10.9 Å². The van der Waals surface area contributed by atoms with Gasteiger partial charge in [-0.15, -0.1) is 0 Å². The van der Waals surface area contributed by atoms with Gasteiger partial charge in [0.05, 0.1) is 11.1 Å². The molecule has 2 N–H and O–H groups in total. The fourth-order valence-corrected chi connectivity index (χ4v) is 1.93. The molecule has 0 fully saturated rings. The molecular weight excluding hydrogens is 346 g/mol. The van der Waals surface area contributed by atoms with Gasteiger partial charge in [-0.2, -0.15) is 0 Å². The second-order valence-corrected chi connectivity index (χ2v) is 4.93. The lowest BCUT2D eigenvalue weighted by atomic mass is 10.2. The van der Waals surface area contributed by atoms with E-state index in [1.807, 2.05) is 10.9 Å². The molecule has 2 aromatic rings. The van der Waals surface area contributed by atoms with Crippen molar-refractivity contribution < 1.29 is 18.4 Å². The number of carbonyl (C=O) groups excluding carboxylic acids is 2. The van der Waals surface area contributed by atoms with Gasteiger partial charge in [0.2, 0.25) is 0 Å². The molecule has 108 valence electrons. The topological polar surface area (TPSA) is 58.2 Å². The zero-order valence-electron chi connectivity index (χ0n) is 10.5. The molecule has 0 saturated carbocycles. The van der Waals surface area contributed by atoms with E-state index in [0.29, 0.717) is 4.47 Å². The first-order valence-electron chi connectivity index (χ1n) is 5.79. The Hall–Kier alpha value is -2.28. The number of nitrogens with one attached hydrogen (secondary N) is 2. The normalized spacial score (nSPS) is 10.0. The molecule has 0 aliphatic rings. The van der Waals surface area contributed by atoms with E-state index in [1.165, 1.54) is 30.3 Å². The molecule has 0 saturated heterocycles. The monoisotopic (exact) mass is 354 g/mol. The predicted molar refractivity (Wildman–Crippen MR) is 75.4 cm³/mol. The zero-order chi connectivity index (χ0) is 15.4. The number of amides is 2. The quantitative estimate of drug-likeness (QED) is 0.814. The average molecular weight is 355 g/mol. The minimum atomic E-state index is -0.849. The Labute approximate surface area is 127 Å². The fraction of sp³-hybridized carbons (Fsp3) is 0. The van der Waals surface area contributed by atoms with Gasteiger partial charge in [0.1, 0.15) is 11.6 Å². The van der Waals surface area contributed by atoms with Gasteiger partial charge in [0, 0.05) is 4.47 Å². The van der Waals surface area contributed by atoms with E-state index < -0.39 is 23.4 Å². The molecule has 0 radical (unpaired) electrons. The number of rotatable bonds is 2. The van der Waals surface area contributed by atoms with Gasteiger partial charge in [0.25, 0.3) is 11.8 Å². The highest BCUT2D eigenvalue weighted by Crippen LogP contribution is 2.15. The summed E-state index contributed by atoms with van der Waals surface area (Å²) in [6, 6.07) is 9.10. The molecule has 0 spiro atoms. The van der Waals surface area contributed by atoms with Crippen LogP contribution in [0.4, 0.5) is 8.78 Å². The third-order valence-corrected chi connectivity index (χ3v) is 3.07. The predicted octanol–water partition coefficient (Wildman–Crippen LogP) is 2.80. The Kier molecular flexibility index (Phi) is 4.64. The number of hydrogen-bond acceptors (Lipinski definition) is 2. The maximum atomic E-state index is 13.5. The zero-order valence-corrected chi connectivity index (χ0v) is 12.1. The average Bonchev–Trinajstić information content (AvgIpc) is 2.47. The second kappa shape index (κ2) is 6.45. The van der Waals surface area contributed by atoms with Gasteiger partial charge in [-0.1, -0.05) is 28.1 Å². The van der Waals surface area contributed by atoms with Gasteiger partial charge in [-0.25, -0.2) is 8.78 Å². The van der Waals surface area contributed by atoms with Crippen molar-refractivity contribution in [2.75, 3.05) is 0 Å². The van der Waals surface area contributed by atoms with Crippen molar-refractivity contribution in [1.29, 1.82) is 0 Å². The van der Waals surface area contributed by atoms with Crippen LogP contribution in [-0.4, -0.2) is 11.8 Å². The third kappa shape index (κ3) is 3.63. The maximum absolute atomic E-state index is 13.5. The highest BCUT2D eigenvalue weighted by atomic mass is 79.9. The van der Waals surface area contributed by atoms with Gasteiger partial charge in [0.15, 0.2) is 0 Å².